The summed E-state index contributed by atoms with van der Waals surface area (Å²) in [5.74, 6) is -2.22. The van der Waals surface area contributed by atoms with Gasteiger partial charge in [0.2, 0.25) is 0 Å². The molecule has 0 bridgehead atoms. The van der Waals surface area contributed by atoms with Crippen molar-refractivity contribution in [3.05, 3.63) is 0 Å². The Labute approximate surface area is 89.1 Å². The van der Waals surface area contributed by atoms with E-state index in [4.69, 9.17) is 10.2 Å². The molecule has 0 aromatic heterocycles. The molecule has 0 spiro atoms. The monoisotopic (exact) mass is 275 g/mol. The van der Waals surface area contributed by atoms with E-state index in [0.29, 0.717) is 25.7 Å². The van der Waals surface area contributed by atoms with Crippen molar-refractivity contribution in [3.8, 4) is 0 Å². The maximum absolute atomic E-state index is 10.5. The fraction of sp³-hybridized carbons (Fsp3) is 0.750. The maximum atomic E-state index is 10.5. The predicted octanol–water partition coefficient (Wildman–Crippen LogP) is 0.959. The van der Waals surface area contributed by atoms with Gasteiger partial charge in [0.05, 0.1) is 11.8 Å². The number of carboxylic acids is 2. The van der Waals surface area contributed by atoms with Gasteiger partial charge < -0.3 is 10.2 Å². The van der Waals surface area contributed by atoms with Crippen molar-refractivity contribution in [3.63, 3.8) is 0 Å². The van der Waals surface area contributed by atoms with Crippen LogP contribution in [0.15, 0.2) is 0 Å². The number of hydrogen-bond donors (Lipinski definition) is 2. The van der Waals surface area contributed by atoms with Gasteiger partial charge in [0.1, 0.15) is 0 Å². The fourth-order valence-electron chi connectivity index (χ4n) is 1.59. The summed E-state index contributed by atoms with van der Waals surface area (Å²) in [6, 6.07) is 0. The van der Waals surface area contributed by atoms with Crippen LogP contribution in [0.2, 0.25) is 0 Å². The molecule has 2 N–H and O–H groups in total. The molecule has 0 atom stereocenters. The number of rotatable bonds is 2. The molecule has 0 aromatic carbocycles. The molecule has 0 aliphatic heterocycles. The minimum Gasteiger partial charge on any atom is -0.481 e. The normalized spacial score (nSPS) is 27.4. The molecule has 1 aliphatic carbocycles. The zero-order valence-electron chi connectivity index (χ0n) is 7.03. The first-order chi connectivity index (χ1) is 5.61. The van der Waals surface area contributed by atoms with Crippen molar-refractivity contribution in [2.24, 2.45) is 11.8 Å². The van der Waals surface area contributed by atoms with Crippen LogP contribution in [0.1, 0.15) is 25.7 Å². The second-order valence-corrected chi connectivity index (χ2v) is 3.23. The molecule has 13 heavy (non-hydrogen) atoms. The predicted molar refractivity (Wildman–Crippen MR) is 40.7 cm³/mol. The van der Waals surface area contributed by atoms with E-state index >= 15 is 0 Å². The first-order valence-electron chi connectivity index (χ1n) is 4.07. The van der Waals surface area contributed by atoms with Crippen molar-refractivity contribution in [2.75, 3.05) is 0 Å². The van der Waals surface area contributed by atoms with Crippen molar-refractivity contribution >= 4 is 11.9 Å². The molecule has 0 aromatic rings. The number of carbonyl (C=O) groups is 2. The van der Waals surface area contributed by atoms with Crippen LogP contribution >= 0.6 is 0 Å². The Hall–Kier alpha value is -0.437. The van der Waals surface area contributed by atoms with Crippen LogP contribution in [0.3, 0.4) is 0 Å². The van der Waals surface area contributed by atoms with Gasteiger partial charge in [0.15, 0.2) is 0 Å². The van der Waals surface area contributed by atoms with E-state index in [1.807, 2.05) is 0 Å². The van der Waals surface area contributed by atoms with Crippen LogP contribution in [0, 0.1) is 11.8 Å². The van der Waals surface area contributed by atoms with Crippen molar-refractivity contribution in [1.82, 2.24) is 0 Å². The first-order valence-corrected chi connectivity index (χ1v) is 4.07. The molecular weight excluding hydrogens is 263 g/mol. The molecule has 0 heterocycles. The van der Waals surface area contributed by atoms with Gasteiger partial charge in [0, 0.05) is 19.5 Å². The quantitative estimate of drug-likeness (QED) is 0.736. The van der Waals surface area contributed by atoms with E-state index in [1.165, 1.54) is 0 Å². The van der Waals surface area contributed by atoms with Crippen molar-refractivity contribution in [1.29, 1.82) is 0 Å². The van der Waals surface area contributed by atoms with Gasteiger partial charge in [0.25, 0.3) is 0 Å². The van der Waals surface area contributed by atoms with E-state index in [9.17, 15) is 9.59 Å². The summed E-state index contributed by atoms with van der Waals surface area (Å²) in [5, 5.41) is 17.2. The van der Waals surface area contributed by atoms with Gasteiger partial charge in [-0.3, -0.25) is 9.59 Å². The van der Waals surface area contributed by atoms with Gasteiger partial charge in [-0.1, -0.05) is 0 Å². The van der Waals surface area contributed by atoms with Gasteiger partial charge in [-0.2, -0.15) is 0 Å². The summed E-state index contributed by atoms with van der Waals surface area (Å²) in [4.78, 5) is 21.0. The van der Waals surface area contributed by atoms with Crippen LogP contribution in [-0.2, 0) is 29.1 Å². The molecule has 5 heteroatoms. The average Bonchev–Trinajstić information content (AvgIpc) is 2.04. The molecule has 4 nitrogen and oxygen atoms in total. The Balaban J connectivity index is 0.00000144. The van der Waals surface area contributed by atoms with E-state index in [0.717, 1.165) is 0 Å². The zero-order valence-corrected chi connectivity index (χ0v) is 8.67. The van der Waals surface area contributed by atoms with Gasteiger partial charge in [-0.15, -0.1) is 0 Å². The smallest absolute Gasteiger partial charge is 0.306 e. The molecule has 1 radical (unpaired) electrons. The Morgan fingerprint density at radius 1 is 0.846 bits per heavy atom. The zero-order chi connectivity index (χ0) is 9.14. The molecule has 0 amide bonds. The van der Waals surface area contributed by atoms with E-state index in [-0.39, 0.29) is 31.3 Å². The number of hydrogen-bond acceptors (Lipinski definition) is 2. The van der Waals surface area contributed by atoms with Crippen LogP contribution in [0.4, 0.5) is 0 Å². The molecule has 1 aliphatic rings. The average molecular weight is 275 g/mol. The van der Waals surface area contributed by atoms with Crippen LogP contribution < -0.4 is 0 Å². The molecular formula is C8H12O4Rh. The third-order valence-electron chi connectivity index (χ3n) is 2.43. The summed E-state index contributed by atoms with van der Waals surface area (Å²) >= 11 is 0. The fourth-order valence-corrected chi connectivity index (χ4v) is 1.59. The third-order valence-corrected chi connectivity index (χ3v) is 2.43. The molecule has 0 saturated heterocycles. The molecule has 1 fully saturated rings. The van der Waals surface area contributed by atoms with E-state index in [2.05, 4.69) is 0 Å². The second kappa shape index (κ2) is 5.33. The molecule has 0 unspecified atom stereocenters. The van der Waals surface area contributed by atoms with E-state index < -0.39 is 11.9 Å². The summed E-state index contributed by atoms with van der Waals surface area (Å²) in [6.07, 6.45) is 2.03. The number of aliphatic carboxylic acids is 2. The largest absolute Gasteiger partial charge is 0.481 e. The summed E-state index contributed by atoms with van der Waals surface area (Å²) in [6.45, 7) is 0. The molecule has 1 saturated carbocycles. The first kappa shape index (κ1) is 12.6. The van der Waals surface area contributed by atoms with Crippen LogP contribution in [0.25, 0.3) is 0 Å². The van der Waals surface area contributed by atoms with Crippen LogP contribution in [-0.4, -0.2) is 22.2 Å². The summed E-state index contributed by atoms with van der Waals surface area (Å²) in [5.41, 5.74) is 0. The number of carboxylic acid groups (broad SMARTS) is 2. The summed E-state index contributed by atoms with van der Waals surface area (Å²) < 4.78 is 0. The van der Waals surface area contributed by atoms with Gasteiger partial charge in [-0.05, 0) is 25.7 Å². The summed E-state index contributed by atoms with van der Waals surface area (Å²) in [7, 11) is 0. The third kappa shape index (κ3) is 3.43. The molecule has 77 valence electrons. The van der Waals surface area contributed by atoms with Gasteiger partial charge in [-0.25, -0.2) is 0 Å². The Bertz CT molecular complexity index is 174. The Morgan fingerprint density at radius 2 is 1.08 bits per heavy atom. The standard InChI is InChI=1S/C8H12O4.Rh/c9-7(10)5-1-2-6(4-3-5)8(11)12;/h5-6H,1-4H2,(H,9,10)(H,11,12);. The topological polar surface area (TPSA) is 74.6 Å². The Kier molecular flexibility index (Phi) is 5.15. The minimum atomic E-state index is -0.793. The minimum absolute atomic E-state index is 0. The van der Waals surface area contributed by atoms with Gasteiger partial charge >= 0.3 is 11.9 Å². The van der Waals surface area contributed by atoms with Crippen molar-refractivity contribution in [2.45, 2.75) is 25.7 Å². The second-order valence-electron chi connectivity index (χ2n) is 3.23. The van der Waals surface area contributed by atoms with Crippen LogP contribution in [0.5, 0.6) is 0 Å². The maximum Gasteiger partial charge on any atom is 0.306 e. The van der Waals surface area contributed by atoms with E-state index in [1.54, 1.807) is 0 Å². The molecule has 1 rings (SSSR count). The Morgan fingerprint density at radius 3 is 1.23 bits per heavy atom. The SMILES string of the molecule is O=C(O)C1CCC(C(=O)O)CC1.[Rh]. The van der Waals surface area contributed by atoms with Crippen molar-refractivity contribution < 1.29 is 39.3 Å².